The summed E-state index contributed by atoms with van der Waals surface area (Å²) in [7, 11) is -3.63. The Morgan fingerprint density at radius 1 is 1.08 bits per heavy atom. The average molecular weight is 360 g/mol. The summed E-state index contributed by atoms with van der Waals surface area (Å²) in [6, 6.07) is 0. The summed E-state index contributed by atoms with van der Waals surface area (Å²) in [5.74, 6) is 2.15. The van der Waals surface area contributed by atoms with Crippen LogP contribution in [0.15, 0.2) is 0 Å². The predicted octanol–water partition coefficient (Wildman–Crippen LogP) is 4.59. The normalized spacial score (nSPS) is 42.7. The molecule has 0 amide bonds. The highest BCUT2D eigenvalue weighted by Crippen LogP contribution is 2.64. The zero-order chi connectivity index (χ0) is 16.6. The Bertz CT molecular complexity index is 456. The van der Waals surface area contributed by atoms with Crippen molar-refractivity contribution < 1.29 is 27.9 Å². The minimum absolute atomic E-state index is 0.270. The number of rotatable bonds is 9. The van der Waals surface area contributed by atoms with E-state index in [1.165, 1.54) is 19.3 Å². The van der Waals surface area contributed by atoms with Gasteiger partial charge in [0, 0.05) is 0 Å². The molecule has 6 nitrogen and oxygen atoms in total. The topological polar surface area (TPSA) is 63.2 Å². The summed E-state index contributed by atoms with van der Waals surface area (Å²) in [4.78, 5) is 9.48. The van der Waals surface area contributed by atoms with Gasteiger partial charge in [0.05, 0.1) is 12.2 Å². The third-order valence-corrected chi connectivity index (χ3v) is 7.51. The quantitative estimate of drug-likeness (QED) is 0.340. The molecule has 0 spiro atoms. The van der Waals surface area contributed by atoms with Gasteiger partial charge in [-0.1, -0.05) is 19.8 Å². The van der Waals surface area contributed by atoms with Gasteiger partial charge in [0.2, 0.25) is 6.29 Å². The van der Waals surface area contributed by atoms with E-state index in [1.807, 2.05) is 0 Å². The van der Waals surface area contributed by atoms with Gasteiger partial charge in [-0.25, -0.2) is 14.3 Å². The van der Waals surface area contributed by atoms with Crippen molar-refractivity contribution in [1.82, 2.24) is 0 Å². The molecule has 0 aromatic carbocycles. The zero-order valence-electron chi connectivity index (χ0n) is 14.5. The molecular formula is C17H29O6P. The van der Waals surface area contributed by atoms with E-state index in [9.17, 15) is 4.57 Å². The molecule has 4 saturated carbocycles. The molecule has 4 aliphatic carbocycles. The fourth-order valence-corrected chi connectivity index (χ4v) is 6.89. The van der Waals surface area contributed by atoms with Crippen molar-refractivity contribution >= 4 is 7.82 Å². The number of phosphoric ester groups is 1. The Morgan fingerprint density at radius 2 is 1.71 bits per heavy atom. The van der Waals surface area contributed by atoms with Gasteiger partial charge in [-0.3, -0.25) is 13.6 Å². The van der Waals surface area contributed by atoms with Crippen LogP contribution >= 0.6 is 7.82 Å². The monoisotopic (exact) mass is 360 g/mol. The van der Waals surface area contributed by atoms with E-state index in [1.54, 1.807) is 0 Å². The SMILES string of the molecule is CCCCCOP(=O)(OC1COO1)OC12CC3CC(CC(C3)C1)C2. The minimum atomic E-state index is -3.63. The van der Waals surface area contributed by atoms with Gasteiger partial charge in [0.15, 0.2) is 0 Å². The average Bonchev–Trinajstić information content (AvgIpc) is 2.46. The summed E-state index contributed by atoms with van der Waals surface area (Å²) in [6.45, 7) is 2.79. The van der Waals surface area contributed by atoms with Crippen LogP contribution in [0.4, 0.5) is 0 Å². The van der Waals surface area contributed by atoms with Crippen molar-refractivity contribution in [2.75, 3.05) is 13.2 Å². The maximum atomic E-state index is 13.3. The van der Waals surface area contributed by atoms with Gasteiger partial charge < -0.3 is 0 Å². The molecule has 24 heavy (non-hydrogen) atoms. The standard InChI is InChI=1S/C17H29O6P/c1-2-3-4-5-20-24(18,22-16-12-19-21-16)23-17-9-13-6-14(10-17)8-15(7-13)11-17/h13-16H,2-12H2,1H3. The van der Waals surface area contributed by atoms with Crippen molar-refractivity contribution in [2.45, 2.75) is 76.6 Å². The van der Waals surface area contributed by atoms with Crippen LogP contribution in [0, 0.1) is 17.8 Å². The highest BCUT2D eigenvalue weighted by molar-refractivity contribution is 7.48. The summed E-state index contributed by atoms with van der Waals surface area (Å²) in [5.41, 5.74) is -0.320. The fourth-order valence-electron chi connectivity index (χ4n) is 5.30. The second-order valence-electron chi connectivity index (χ2n) is 8.10. The highest BCUT2D eigenvalue weighted by atomic mass is 31.2. The van der Waals surface area contributed by atoms with Crippen molar-refractivity contribution in [3.05, 3.63) is 0 Å². The Balaban J connectivity index is 1.43. The van der Waals surface area contributed by atoms with Gasteiger partial charge >= 0.3 is 7.82 Å². The van der Waals surface area contributed by atoms with Crippen LogP contribution in [-0.4, -0.2) is 25.1 Å². The van der Waals surface area contributed by atoms with E-state index in [4.69, 9.17) is 18.5 Å². The van der Waals surface area contributed by atoms with Crippen LogP contribution in [-0.2, 0) is 27.9 Å². The van der Waals surface area contributed by atoms with Crippen molar-refractivity contribution in [3.8, 4) is 0 Å². The largest absolute Gasteiger partial charge is 0.477 e. The first kappa shape index (κ1) is 17.4. The first-order valence-electron chi connectivity index (χ1n) is 9.50. The van der Waals surface area contributed by atoms with E-state index in [0.29, 0.717) is 24.4 Å². The molecule has 7 heteroatoms. The summed E-state index contributed by atoms with van der Waals surface area (Å²) < 4.78 is 30.7. The second-order valence-corrected chi connectivity index (χ2v) is 9.64. The Morgan fingerprint density at radius 3 is 2.21 bits per heavy atom. The van der Waals surface area contributed by atoms with Crippen LogP contribution in [0.3, 0.4) is 0 Å². The maximum absolute atomic E-state index is 13.3. The van der Waals surface area contributed by atoms with Crippen LogP contribution in [0.5, 0.6) is 0 Å². The molecule has 138 valence electrons. The number of hydrogen-bond acceptors (Lipinski definition) is 6. The fraction of sp³-hybridized carbons (Fsp3) is 1.00. The van der Waals surface area contributed by atoms with Gasteiger partial charge in [0.25, 0.3) is 0 Å². The Labute approximate surface area is 144 Å². The first-order chi connectivity index (χ1) is 11.6. The molecule has 5 rings (SSSR count). The van der Waals surface area contributed by atoms with E-state index in [0.717, 1.165) is 38.5 Å². The van der Waals surface area contributed by atoms with Gasteiger partial charge in [0.1, 0.15) is 6.61 Å². The molecule has 5 fully saturated rings. The third kappa shape index (κ3) is 3.74. The van der Waals surface area contributed by atoms with Crippen LogP contribution in [0.25, 0.3) is 0 Å². The molecule has 4 bridgehead atoms. The lowest BCUT2D eigenvalue weighted by Gasteiger charge is -2.56. The van der Waals surface area contributed by atoms with E-state index in [2.05, 4.69) is 11.8 Å². The highest BCUT2D eigenvalue weighted by Gasteiger charge is 2.55. The van der Waals surface area contributed by atoms with E-state index >= 15 is 0 Å². The van der Waals surface area contributed by atoms with Crippen molar-refractivity contribution in [3.63, 3.8) is 0 Å². The molecule has 1 heterocycles. The lowest BCUT2D eigenvalue weighted by molar-refractivity contribution is -0.469. The Kier molecular flexibility index (Phi) is 5.07. The van der Waals surface area contributed by atoms with Gasteiger partial charge in [-0.15, -0.1) is 0 Å². The maximum Gasteiger partial charge on any atom is 0.477 e. The smallest absolute Gasteiger partial charge is 0.287 e. The lowest BCUT2D eigenvalue weighted by atomic mass is 9.54. The van der Waals surface area contributed by atoms with E-state index < -0.39 is 14.1 Å². The van der Waals surface area contributed by atoms with E-state index in [-0.39, 0.29) is 12.2 Å². The van der Waals surface area contributed by atoms with Crippen LogP contribution in [0.2, 0.25) is 0 Å². The van der Waals surface area contributed by atoms with Crippen molar-refractivity contribution in [2.24, 2.45) is 17.8 Å². The van der Waals surface area contributed by atoms with Gasteiger partial charge in [-0.05, 0) is 62.7 Å². The number of hydrogen-bond donors (Lipinski definition) is 0. The molecule has 1 saturated heterocycles. The summed E-state index contributed by atoms with van der Waals surface area (Å²) in [5, 5.41) is 0. The van der Waals surface area contributed by atoms with Crippen molar-refractivity contribution in [1.29, 1.82) is 0 Å². The third-order valence-electron chi connectivity index (χ3n) is 5.91. The molecule has 1 aliphatic heterocycles. The summed E-state index contributed by atoms with van der Waals surface area (Å²) in [6.07, 6.45) is 9.25. The van der Waals surface area contributed by atoms with Crippen LogP contribution in [0.1, 0.15) is 64.7 Å². The van der Waals surface area contributed by atoms with Gasteiger partial charge in [-0.2, -0.15) is 0 Å². The first-order valence-corrected chi connectivity index (χ1v) is 11.0. The molecule has 0 aromatic heterocycles. The van der Waals surface area contributed by atoms with Crippen LogP contribution < -0.4 is 0 Å². The molecular weight excluding hydrogens is 331 g/mol. The molecule has 2 unspecified atom stereocenters. The Hall–Kier alpha value is 0.0300. The molecule has 0 radical (unpaired) electrons. The zero-order valence-corrected chi connectivity index (χ0v) is 15.4. The second kappa shape index (κ2) is 6.98. The minimum Gasteiger partial charge on any atom is -0.287 e. The molecule has 0 N–H and O–H groups in total. The molecule has 0 aromatic rings. The lowest BCUT2D eigenvalue weighted by Crippen LogP contribution is -2.51. The molecule has 2 atom stereocenters. The molecule has 5 aliphatic rings. The number of unbranched alkanes of at least 4 members (excludes halogenated alkanes) is 2. The predicted molar refractivity (Wildman–Crippen MR) is 87.0 cm³/mol. The summed E-state index contributed by atoms with van der Waals surface area (Å²) >= 11 is 0. The number of phosphoric acid groups is 1.